The van der Waals surface area contributed by atoms with Crippen molar-refractivity contribution in [2.75, 3.05) is 19.8 Å². The maximum atomic E-state index is 12.6. The lowest BCUT2D eigenvalue weighted by molar-refractivity contribution is -0.121. The minimum atomic E-state index is -0.101. The van der Waals surface area contributed by atoms with Crippen molar-refractivity contribution >= 4 is 5.91 Å². The van der Waals surface area contributed by atoms with Gasteiger partial charge in [-0.1, -0.05) is 41.6 Å². The Labute approximate surface area is 198 Å². The molecule has 4 rings (SSSR count). The van der Waals surface area contributed by atoms with E-state index in [1.54, 1.807) is 4.57 Å². The molecule has 176 valence electrons. The van der Waals surface area contributed by atoms with Crippen LogP contribution in [0.15, 0.2) is 71.4 Å². The molecule has 0 fully saturated rings. The molecule has 0 unspecified atom stereocenters. The molecule has 4 aromatic rings. The fourth-order valence-electron chi connectivity index (χ4n) is 3.59. The van der Waals surface area contributed by atoms with E-state index in [1.165, 1.54) is 0 Å². The van der Waals surface area contributed by atoms with Gasteiger partial charge in [0.25, 0.3) is 5.89 Å². The van der Waals surface area contributed by atoms with Gasteiger partial charge in [-0.3, -0.25) is 4.79 Å². The Balaban J connectivity index is 1.34. The van der Waals surface area contributed by atoms with Crippen LogP contribution < -0.4 is 14.8 Å². The number of benzene rings is 2. The number of nitrogens with one attached hydrogen (secondary N) is 1. The molecule has 8 nitrogen and oxygen atoms in total. The number of carbonyl (C=O) groups excluding carboxylic acids is 1. The molecule has 2 aromatic carbocycles. The van der Waals surface area contributed by atoms with E-state index in [4.69, 9.17) is 14.0 Å². The fourth-order valence-corrected chi connectivity index (χ4v) is 3.59. The van der Waals surface area contributed by atoms with Gasteiger partial charge in [0, 0.05) is 18.3 Å². The van der Waals surface area contributed by atoms with Crippen LogP contribution in [0.5, 0.6) is 11.5 Å². The standard InChI is InChI=1S/C26H28N4O4/c1-3-32-22-13-12-19(17-23(22)33-4-2)14-15-27-24(31)18-30-16-8-11-21(30)26-28-25(29-34-26)20-9-6-5-7-10-20/h5-13,16-17H,3-4,14-15,18H2,1-2H3,(H,27,31). The third-order valence-electron chi connectivity index (χ3n) is 5.16. The number of rotatable bonds is 11. The van der Waals surface area contributed by atoms with Crippen LogP contribution in [0.25, 0.3) is 23.0 Å². The van der Waals surface area contributed by atoms with E-state index in [2.05, 4.69) is 15.5 Å². The normalized spacial score (nSPS) is 10.8. The second kappa shape index (κ2) is 11.2. The Hall–Kier alpha value is -4.07. The summed E-state index contributed by atoms with van der Waals surface area (Å²) in [6.07, 6.45) is 2.50. The zero-order chi connectivity index (χ0) is 23.8. The summed E-state index contributed by atoms with van der Waals surface area (Å²) in [4.78, 5) is 17.1. The van der Waals surface area contributed by atoms with Gasteiger partial charge in [0.2, 0.25) is 11.7 Å². The summed E-state index contributed by atoms with van der Waals surface area (Å²) in [5.74, 6) is 2.23. The summed E-state index contributed by atoms with van der Waals surface area (Å²) in [5, 5.41) is 7.04. The predicted octanol–water partition coefficient (Wildman–Crippen LogP) is 4.36. The molecule has 0 atom stereocenters. The fraction of sp³-hybridized carbons (Fsp3) is 0.269. The quantitative estimate of drug-likeness (QED) is 0.358. The van der Waals surface area contributed by atoms with Crippen LogP contribution in [-0.2, 0) is 17.8 Å². The summed E-state index contributed by atoms with van der Waals surface area (Å²) in [6.45, 7) is 5.68. The van der Waals surface area contributed by atoms with Crippen molar-refractivity contribution in [1.29, 1.82) is 0 Å². The lowest BCUT2D eigenvalue weighted by atomic mass is 10.1. The van der Waals surface area contributed by atoms with E-state index < -0.39 is 0 Å². The average molecular weight is 461 g/mol. The molecule has 0 aliphatic rings. The molecule has 0 saturated carbocycles. The zero-order valence-electron chi connectivity index (χ0n) is 19.4. The summed E-state index contributed by atoms with van der Waals surface area (Å²) < 4.78 is 18.5. The third kappa shape index (κ3) is 5.64. The summed E-state index contributed by atoms with van der Waals surface area (Å²) in [7, 11) is 0. The highest BCUT2D eigenvalue weighted by Crippen LogP contribution is 2.28. The van der Waals surface area contributed by atoms with E-state index in [9.17, 15) is 4.79 Å². The van der Waals surface area contributed by atoms with E-state index in [1.807, 2.05) is 80.7 Å². The van der Waals surface area contributed by atoms with Crippen LogP contribution in [0.1, 0.15) is 19.4 Å². The van der Waals surface area contributed by atoms with Crippen LogP contribution in [-0.4, -0.2) is 40.4 Å². The molecular weight excluding hydrogens is 432 g/mol. The first kappa shape index (κ1) is 23.1. The second-order valence-electron chi connectivity index (χ2n) is 7.56. The summed E-state index contributed by atoms with van der Waals surface area (Å²) >= 11 is 0. The summed E-state index contributed by atoms with van der Waals surface area (Å²) in [5.41, 5.74) is 2.63. The molecule has 0 bridgehead atoms. The Bertz CT molecular complexity index is 1220. The zero-order valence-corrected chi connectivity index (χ0v) is 19.4. The topological polar surface area (TPSA) is 91.4 Å². The predicted molar refractivity (Wildman–Crippen MR) is 129 cm³/mol. The SMILES string of the molecule is CCOc1ccc(CCNC(=O)Cn2cccc2-c2nc(-c3ccccc3)no2)cc1OCC. The Morgan fingerprint density at radius 2 is 1.79 bits per heavy atom. The first-order chi connectivity index (χ1) is 16.7. The van der Waals surface area contributed by atoms with Crippen LogP contribution >= 0.6 is 0 Å². The molecule has 1 amide bonds. The van der Waals surface area contributed by atoms with Crippen LogP contribution in [0.2, 0.25) is 0 Å². The highest BCUT2D eigenvalue weighted by atomic mass is 16.5. The van der Waals surface area contributed by atoms with E-state index in [0.717, 1.165) is 22.6 Å². The van der Waals surface area contributed by atoms with Gasteiger partial charge in [-0.2, -0.15) is 4.98 Å². The van der Waals surface area contributed by atoms with Gasteiger partial charge in [0.1, 0.15) is 12.2 Å². The Morgan fingerprint density at radius 1 is 1.00 bits per heavy atom. The van der Waals surface area contributed by atoms with Crippen molar-refractivity contribution in [1.82, 2.24) is 20.0 Å². The number of carbonyl (C=O) groups is 1. The van der Waals surface area contributed by atoms with E-state index >= 15 is 0 Å². The number of nitrogens with zero attached hydrogens (tertiary/aromatic N) is 3. The van der Waals surface area contributed by atoms with Gasteiger partial charge in [-0.25, -0.2) is 0 Å². The molecule has 0 spiro atoms. The molecular formula is C26H28N4O4. The molecule has 2 aromatic heterocycles. The number of aromatic nitrogens is 3. The van der Waals surface area contributed by atoms with Gasteiger partial charge in [0.05, 0.1) is 13.2 Å². The average Bonchev–Trinajstić information content (AvgIpc) is 3.51. The highest BCUT2D eigenvalue weighted by Gasteiger charge is 2.15. The van der Waals surface area contributed by atoms with Crippen molar-refractivity contribution in [2.45, 2.75) is 26.8 Å². The molecule has 2 heterocycles. The van der Waals surface area contributed by atoms with Crippen LogP contribution in [0.3, 0.4) is 0 Å². The Kier molecular flexibility index (Phi) is 7.60. The first-order valence-corrected chi connectivity index (χ1v) is 11.4. The Morgan fingerprint density at radius 3 is 2.59 bits per heavy atom. The molecule has 8 heteroatoms. The number of ether oxygens (including phenoxy) is 2. The largest absolute Gasteiger partial charge is 0.490 e. The molecule has 0 aliphatic heterocycles. The van der Waals surface area contributed by atoms with Crippen molar-refractivity contribution in [3.8, 4) is 34.5 Å². The van der Waals surface area contributed by atoms with Gasteiger partial charge in [-0.05, 0) is 50.1 Å². The summed E-state index contributed by atoms with van der Waals surface area (Å²) in [6, 6.07) is 19.2. The first-order valence-electron chi connectivity index (χ1n) is 11.4. The lowest BCUT2D eigenvalue weighted by Crippen LogP contribution is -2.29. The lowest BCUT2D eigenvalue weighted by Gasteiger charge is -2.13. The molecule has 0 radical (unpaired) electrons. The molecule has 34 heavy (non-hydrogen) atoms. The van der Waals surface area contributed by atoms with Crippen molar-refractivity contribution in [3.05, 3.63) is 72.4 Å². The minimum absolute atomic E-state index is 0.101. The minimum Gasteiger partial charge on any atom is -0.490 e. The van der Waals surface area contributed by atoms with Crippen molar-refractivity contribution in [2.24, 2.45) is 0 Å². The van der Waals surface area contributed by atoms with Crippen molar-refractivity contribution < 1.29 is 18.8 Å². The molecule has 0 aliphatic carbocycles. The molecule has 1 N–H and O–H groups in total. The van der Waals surface area contributed by atoms with E-state index in [0.29, 0.717) is 43.6 Å². The van der Waals surface area contributed by atoms with E-state index in [-0.39, 0.29) is 12.5 Å². The van der Waals surface area contributed by atoms with Crippen LogP contribution in [0.4, 0.5) is 0 Å². The monoisotopic (exact) mass is 460 g/mol. The number of hydrogen-bond donors (Lipinski definition) is 1. The second-order valence-corrected chi connectivity index (χ2v) is 7.56. The maximum absolute atomic E-state index is 12.6. The maximum Gasteiger partial charge on any atom is 0.274 e. The smallest absolute Gasteiger partial charge is 0.274 e. The van der Waals surface area contributed by atoms with Gasteiger partial charge in [0.15, 0.2) is 11.5 Å². The van der Waals surface area contributed by atoms with Gasteiger partial charge >= 0.3 is 0 Å². The van der Waals surface area contributed by atoms with Gasteiger partial charge in [-0.15, -0.1) is 0 Å². The number of amides is 1. The number of hydrogen-bond acceptors (Lipinski definition) is 6. The van der Waals surface area contributed by atoms with Gasteiger partial charge < -0.3 is 23.9 Å². The van der Waals surface area contributed by atoms with Crippen LogP contribution in [0, 0.1) is 0 Å². The highest BCUT2D eigenvalue weighted by molar-refractivity contribution is 5.76. The molecule has 0 saturated heterocycles. The third-order valence-corrected chi connectivity index (χ3v) is 5.16. The van der Waals surface area contributed by atoms with Crippen molar-refractivity contribution in [3.63, 3.8) is 0 Å².